The highest BCUT2D eigenvalue weighted by Crippen LogP contribution is 2.24. The molecule has 1 N–H and O–H groups in total. The number of aromatic nitrogens is 1. The maximum absolute atomic E-state index is 13.4. The molecule has 1 unspecified atom stereocenters. The first-order valence-corrected chi connectivity index (χ1v) is 7.84. The molecule has 1 aromatic heterocycles. The van der Waals surface area contributed by atoms with Gasteiger partial charge in [-0.05, 0) is 26.0 Å². The minimum atomic E-state index is -0.505. The van der Waals surface area contributed by atoms with Gasteiger partial charge in [0.05, 0.1) is 16.8 Å². The molecule has 0 saturated carbocycles. The van der Waals surface area contributed by atoms with E-state index in [0.717, 1.165) is 10.7 Å². The first kappa shape index (κ1) is 14.5. The third kappa shape index (κ3) is 4.03. The molecule has 0 radical (unpaired) electrons. The highest BCUT2D eigenvalue weighted by molar-refractivity contribution is 7.99. The van der Waals surface area contributed by atoms with Crippen LogP contribution >= 0.6 is 23.1 Å². The number of aliphatic hydroxyl groups excluding tert-OH is 1. The molecule has 0 aliphatic carbocycles. The Balaban J connectivity index is 1.88. The topological polar surface area (TPSA) is 33.1 Å². The van der Waals surface area contributed by atoms with E-state index in [0.29, 0.717) is 17.1 Å². The summed E-state index contributed by atoms with van der Waals surface area (Å²) in [5.74, 6) is 0.235. The minimum absolute atomic E-state index is 0.236. The second-order valence-corrected chi connectivity index (χ2v) is 6.70. The summed E-state index contributed by atoms with van der Waals surface area (Å²) in [6.45, 7) is 3.99. The Morgan fingerprint density at radius 2 is 2.11 bits per heavy atom. The number of rotatable bonds is 5. The fraction of sp³-hybridized carbons (Fsp3) is 0.357. The molecule has 0 fully saturated rings. The van der Waals surface area contributed by atoms with Gasteiger partial charge in [0, 0.05) is 21.9 Å². The van der Waals surface area contributed by atoms with E-state index in [1.165, 1.54) is 22.7 Å². The molecule has 2 aromatic rings. The average molecular weight is 297 g/mol. The van der Waals surface area contributed by atoms with Crippen molar-refractivity contribution in [3.63, 3.8) is 0 Å². The standard InChI is InChI=1S/C14H16FNOS2/c1-9-10(2)19-14(16-9)7-11(17)8-18-13-6-4-3-5-12(13)15/h3-6,11,17H,7-8H2,1-2H3. The van der Waals surface area contributed by atoms with Gasteiger partial charge in [0.15, 0.2) is 0 Å². The lowest BCUT2D eigenvalue weighted by molar-refractivity contribution is 0.200. The van der Waals surface area contributed by atoms with Crippen LogP contribution in [0.4, 0.5) is 4.39 Å². The van der Waals surface area contributed by atoms with Crippen molar-refractivity contribution in [1.82, 2.24) is 4.98 Å². The fourth-order valence-electron chi connectivity index (χ4n) is 1.63. The minimum Gasteiger partial charge on any atom is -0.392 e. The Kier molecular flexibility index (Phi) is 4.96. The number of aryl methyl sites for hydroxylation is 2. The third-order valence-electron chi connectivity index (χ3n) is 2.75. The third-order valence-corrected chi connectivity index (χ3v) is 5.04. The van der Waals surface area contributed by atoms with E-state index in [4.69, 9.17) is 0 Å². The molecule has 19 heavy (non-hydrogen) atoms. The number of aliphatic hydroxyl groups is 1. The van der Waals surface area contributed by atoms with Gasteiger partial charge in [-0.2, -0.15) is 0 Å². The summed E-state index contributed by atoms with van der Waals surface area (Å²) in [6.07, 6.45) is 0.0235. The lowest BCUT2D eigenvalue weighted by atomic mass is 10.3. The van der Waals surface area contributed by atoms with Gasteiger partial charge in [-0.25, -0.2) is 9.37 Å². The zero-order chi connectivity index (χ0) is 13.8. The fourth-order valence-corrected chi connectivity index (χ4v) is 3.51. The summed E-state index contributed by atoms with van der Waals surface area (Å²) in [6, 6.07) is 6.62. The summed E-state index contributed by atoms with van der Waals surface area (Å²) >= 11 is 2.95. The summed E-state index contributed by atoms with van der Waals surface area (Å²) in [5.41, 5.74) is 1.02. The smallest absolute Gasteiger partial charge is 0.136 e. The van der Waals surface area contributed by atoms with Crippen molar-refractivity contribution in [3.05, 3.63) is 45.7 Å². The van der Waals surface area contributed by atoms with Crippen molar-refractivity contribution in [2.45, 2.75) is 31.3 Å². The molecule has 102 valence electrons. The molecule has 0 amide bonds. The van der Waals surface area contributed by atoms with Crippen molar-refractivity contribution in [1.29, 1.82) is 0 Å². The molecular formula is C14H16FNOS2. The second kappa shape index (κ2) is 6.50. The molecule has 0 bridgehead atoms. The second-order valence-electron chi connectivity index (χ2n) is 4.35. The van der Waals surface area contributed by atoms with Crippen LogP contribution in [0.15, 0.2) is 29.2 Å². The van der Waals surface area contributed by atoms with Gasteiger partial charge in [0.2, 0.25) is 0 Å². The highest BCUT2D eigenvalue weighted by atomic mass is 32.2. The molecule has 0 aliphatic heterocycles. The van der Waals surface area contributed by atoms with E-state index < -0.39 is 6.10 Å². The molecule has 2 rings (SSSR count). The molecule has 0 saturated heterocycles. The van der Waals surface area contributed by atoms with Crippen LogP contribution in [0.25, 0.3) is 0 Å². The van der Waals surface area contributed by atoms with Gasteiger partial charge >= 0.3 is 0 Å². The van der Waals surface area contributed by atoms with Gasteiger partial charge in [0.25, 0.3) is 0 Å². The molecule has 1 aromatic carbocycles. The van der Waals surface area contributed by atoms with Gasteiger partial charge in [-0.15, -0.1) is 23.1 Å². The van der Waals surface area contributed by atoms with Crippen LogP contribution in [0.2, 0.25) is 0 Å². The molecule has 0 aliphatic rings. The SMILES string of the molecule is Cc1nc(CC(O)CSc2ccccc2F)sc1C. The Bertz CT molecular complexity index is 537. The summed E-state index contributed by atoms with van der Waals surface area (Å²) in [4.78, 5) is 6.16. The number of nitrogens with zero attached hydrogens (tertiary/aromatic N) is 1. The lowest BCUT2D eigenvalue weighted by Gasteiger charge is -2.08. The number of halogens is 1. The van der Waals surface area contributed by atoms with Gasteiger partial charge in [-0.1, -0.05) is 12.1 Å². The number of hydrogen-bond acceptors (Lipinski definition) is 4. The number of benzene rings is 1. The maximum atomic E-state index is 13.4. The Morgan fingerprint density at radius 1 is 1.37 bits per heavy atom. The van der Waals surface area contributed by atoms with Crippen LogP contribution in [0.1, 0.15) is 15.6 Å². The number of thioether (sulfide) groups is 1. The van der Waals surface area contributed by atoms with E-state index in [1.54, 1.807) is 29.5 Å². The summed E-state index contributed by atoms with van der Waals surface area (Å²) in [7, 11) is 0. The predicted molar refractivity (Wildman–Crippen MR) is 78.4 cm³/mol. The van der Waals surface area contributed by atoms with Crippen molar-refractivity contribution in [2.75, 3.05) is 5.75 Å². The Morgan fingerprint density at radius 3 is 2.74 bits per heavy atom. The predicted octanol–water partition coefficient (Wildman–Crippen LogP) is 3.59. The van der Waals surface area contributed by atoms with Crippen LogP contribution in [-0.4, -0.2) is 21.9 Å². The Hall–Kier alpha value is -0.910. The first-order valence-electron chi connectivity index (χ1n) is 6.04. The number of thiazole rings is 1. The molecule has 1 atom stereocenters. The van der Waals surface area contributed by atoms with E-state index in [1.807, 2.05) is 13.8 Å². The normalized spacial score (nSPS) is 12.6. The molecule has 1 heterocycles. The van der Waals surface area contributed by atoms with Crippen LogP contribution in [0, 0.1) is 19.7 Å². The van der Waals surface area contributed by atoms with E-state index >= 15 is 0 Å². The van der Waals surface area contributed by atoms with E-state index in [-0.39, 0.29) is 5.82 Å². The highest BCUT2D eigenvalue weighted by Gasteiger charge is 2.12. The average Bonchev–Trinajstić information content (AvgIpc) is 2.67. The molecular weight excluding hydrogens is 281 g/mol. The Labute approximate surface area is 120 Å². The van der Waals surface area contributed by atoms with Gasteiger partial charge < -0.3 is 5.11 Å². The monoisotopic (exact) mass is 297 g/mol. The van der Waals surface area contributed by atoms with Crippen LogP contribution in [0.5, 0.6) is 0 Å². The van der Waals surface area contributed by atoms with Crippen molar-refractivity contribution < 1.29 is 9.50 Å². The zero-order valence-corrected chi connectivity index (χ0v) is 12.5. The van der Waals surface area contributed by atoms with E-state index in [9.17, 15) is 9.50 Å². The van der Waals surface area contributed by atoms with Crippen molar-refractivity contribution in [2.24, 2.45) is 0 Å². The van der Waals surface area contributed by atoms with Crippen LogP contribution < -0.4 is 0 Å². The van der Waals surface area contributed by atoms with Crippen LogP contribution in [-0.2, 0) is 6.42 Å². The molecule has 0 spiro atoms. The van der Waals surface area contributed by atoms with Crippen molar-refractivity contribution >= 4 is 23.1 Å². The van der Waals surface area contributed by atoms with E-state index in [2.05, 4.69) is 4.98 Å². The largest absolute Gasteiger partial charge is 0.392 e. The quantitative estimate of drug-likeness (QED) is 0.856. The van der Waals surface area contributed by atoms with Crippen LogP contribution in [0.3, 0.4) is 0 Å². The van der Waals surface area contributed by atoms with Crippen molar-refractivity contribution in [3.8, 4) is 0 Å². The van der Waals surface area contributed by atoms with Gasteiger partial charge in [0.1, 0.15) is 5.82 Å². The maximum Gasteiger partial charge on any atom is 0.136 e. The molecule has 5 heteroatoms. The summed E-state index contributed by atoms with van der Waals surface area (Å²) in [5, 5.41) is 10.9. The first-order chi connectivity index (χ1) is 9.06. The summed E-state index contributed by atoms with van der Waals surface area (Å²) < 4.78 is 13.4. The number of hydrogen-bond donors (Lipinski definition) is 1. The van der Waals surface area contributed by atoms with Gasteiger partial charge in [-0.3, -0.25) is 0 Å². The lowest BCUT2D eigenvalue weighted by Crippen LogP contribution is -2.13. The molecule has 2 nitrogen and oxygen atoms in total. The zero-order valence-electron chi connectivity index (χ0n) is 10.9.